The molecule has 3 amide bonds. The van der Waals surface area contributed by atoms with Crippen LogP contribution in [0, 0.1) is 11.3 Å². The molecule has 0 fully saturated rings. The van der Waals surface area contributed by atoms with E-state index in [1.165, 1.54) is 10.5 Å². The van der Waals surface area contributed by atoms with Crippen LogP contribution in [-0.2, 0) is 17.5 Å². The summed E-state index contributed by atoms with van der Waals surface area (Å²) in [5.41, 5.74) is 2.57. The van der Waals surface area contributed by atoms with Gasteiger partial charge in [-0.2, -0.15) is 18.4 Å². The number of fused-ring (bicyclic) bond motifs is 1. The average Bonchev–Trinajstić information content (AvgIpc) is 3.45. The number of hydrogen-bond acceptors (Lipinski definition) is 6. The number of aliphatic carboxylic acids is 1. The maximum atomic E-state index is 13.7. The van der Waals surface area contributed by atoms with Crippen LogP contribution in [0.4, 0.5) is 28.8 Å². The number of aromatic nitrogens is 1. The van der Waals surface area contributed by atoms with Crippen molar-refractivity contribution in [2.45, 2.75) is 44.8 Å². The van der Waals surface area contributed by atoms with Crippen molar-refractivity contribution in [2.24, 2.45) is 0 Å². The summed E-state index contributed by atoms with van der Waals surface area (Å²) < 4.78 is 40.4. The molecule has 9 nitrogen and oxygen atoms in total. The van der Waals surface area contributed by atoms with Crippen molar-refractivity contribution in [3.05, 3.63) is 94.6 Å². The van der Waals surface area contributed by atoms with Crippen LogP contribution in [0.3, 0.4) is 0 Å². The summed E-state index contributed by atoms with van der Waals surface area (Å²) in [6.07, 6.45) is 1.58. The molecule has 0 atom stereocenters. The molecule has 4 aromatic rings. The number of rotatable bonds is 9. The van der Waals surface area contributed by atoms with Crippen LogP contribution in [-0.4, -0.2) is 34.5 Å². The molecule has 0 radical (unpaired) electrons. The summed E-state index contributed by atoms with van der Waals surface area (Å²) in [6, 6.07) is 16.8. The third kappa shape index (κ3) is 7.70. The lowest BCUT2D eigenvalue weighted by atomic mass is 9.93. The van der Waals surface area contributed by atoms with Crippen LogP contribution in [0.2, 0.25) is 0 Å². The van der Waals surface area contributed by atoms with Crippen molar-refractivity contribution >= 4 is 55.9 Å². The molecule has 0 saturated carbocycles. The van der Waals surface area contributed by atoms with Gasteiger partial charge in [-0.25, -0.2) is 9.78 Å². The Kier molecular flexibility index (Phi) is 9.67. The highest BCUT2D eigenvalue weighted by Crippen LogP contribution is 2.37. The normalized spacial score (nSPS) is 13.0. The van der Waals surface area contributed by atoms with Gasteiger partial charge in [0.05, 0.1) is 34.3 Å². The summed E-state index contributed by atoms with van der Waals surface area (Å²) >= 11 is 0.901. The number of allylic oxidation sites excluding steroid dienone is 2. The maximum absolute atomic E-state index is 13.7. The SMILES string of the molecule is N#Cc1cc(C(F)(F)F)cc2nc(NC(=O)N(Cc3ccc(C(=O)NCCC(=O)O)cc3)c3ccc(C4=CCCCC4)cc3)sc12. The minimum atomic E-state index is -4.67. The third-order valence-corrected chi connectivity index (χ3v) is 8.44. The zero-order valence-electron chi connectivity index (χ0n) is 24.4. The molecule has 3 aromatic carbocycles. The van der Waals surface area contributed by atoms with Gasteiger partial charge in [-0.1, -0.05) is 41.7 Å². The summed E-state index contributed by atoms with van der Waals surface area (Å²) in [5, 5.41) is 23.5. The van der Waals surface area contributed by atoms with Gasteiger partial charge in [-0.3, -0.25) is 19.8 Å². The number of carbonyl (C=O) groups excluding carboxylic acids is 2. The monoisotopic (exact) mass is 647 g/mol. The Morgan fingerprint density at radius 1 is 1.04 bits per heavy atom. The lowest BCUT2D eigenvalue weighted by molar-refractivity contribution is -0.138. The fourth-order valence-electron chi connectivity index (χ4n) is 5.06. The number of amides is 3. The number of nitrogens with zero attached hydrogens (tertiary/aromatic N) is 3. The Hall–Kier alpha value is -5.22. The van der Waals surface area contributed by atoms with Crippen molar-refractivity contribution in [1.29, 1.82) is 5.26 Å². The minimum Gasteiger partial charge on any atom is -0.481 e. The predicted molar refractivity (Wildman–Crippen MR) is 168 cm³/mol. The van der Waals surface area contributed by atoms with Crippen LogP contribution in [0.15, 0.2) is 66.7 Å². The van der Waals surface area contributed by atoms with E-state index < -0.39 is 29.6 Å². The number of nitrogens with one attached hydrogen (secondary N) is 2. The molecule has 13 heteroatoms. The van der Waals surface area contributed by atoms with Crippen LogP contribution in [0.1, 0.15) is 64.7 Å². The molecule has 0 saturated heterocycles. The molecule has 0 bridgehead atoms. The van der Waals surface area contributed by atoms with Gasteiger partial charge < -0.3 is 10.4 Å². The average molecular weight is 648 g/mol. The first-order chi connectivity index (χ1) is 22.0. The van der Waals surface area contributed by atoms with Gasteiger partial charge in [0.25, 0.3) is 5.91 Å². The Morgan fingerprint density at radius 3 is 2.41 bits per heavy atom. The van der Waals surface area contributed by atoms with E-state index in [-0.39, 0.29) is 40.4 Å². The third-order valence-electron chi connectivity index (χ3n) is 7.42. The second-order valence-electron chi connectivity index (χ2n) is 10.6. The second-order valence-corrected chi connectivity index (χ2v) is 11.6. The fraction of sp³-hybridized carbons (Fsp3) is 0.242. The molecule has 1 aromatic heterocycles. The van der Waals surface area contributed by atoms with Gasteiger partial charge in [0.2, 0.25) is 0 Å². The molecule has 236 valence electrons. The van der Waals surface area contributed by atoms with E-state index in [0.717, 1.165) is 54.7 Å². The summed E-state index contributed by atoms with van der Waals surface area (Å²) in [6.45, 7) is 0.0528. The van der Waals surface area contributed by atoms with Crippen molar-refractivity contribution in [1.82, 2.24) is 10.3 Å². The van der Waals surface area contributed by atoms with Crippen LogP contribution < -0.4 is 15.5 Å². The lowest BCUT2D eigenvalue weighted by Gasteiger charge is -2.23. The topological polar surface area (TPSA) is 135 Å². The number of carboxylic acids is 1. The molecule has 1 aliphatic carbocycles. The maximum Gasteiger partial charge on any atom is 0.416 e. The number of halogens is 3. The molecule has 46 heavy (non-hydrogen) atoms. The quantitative estimate of drug-likeness (QED) is 0.171. The lowest BCUT2D eigenvalue weighted by Crippen LogP contribution is -2.34. The van der Waals surface area contributed by atoms with E-state index in [9.17, 15) is 32.8 Å². The fourth-order valence-corrected chi connectivity index (χ4v) is 5.96. The number of thiazole rings is 1. The molecule has 0 unspecified atom stereocenters. The molecule has 5 rings (SSSR count). The van der Waals surface area contributed by atoms with Gasteiger partial charge in [0.1, 0.15) is 6.07 Å². The van der Waals surface area contributed by atoms with Gasteiger partial charge in [-0.05, 0) is 78.8 Å². The Labute approximate surface area is 266 Å². The zero-order valence-corrected chi connectivity index (χ0v) is 25.2. The summed E-state index contributed by atoms with van der Waals surface area (Å²) in [5.74, 6) is -1.46. The van der Waals surface area contributed by atoms with E-state index in [1.54, 1.807) is 30.3 Å². The highest BCUT2D eigenvalue weighted by atomic mass is 32.1. The van der Waals surface area contributed by atoms with Crippen molar-refractivity contribution in [2.75, 3.05) is 16.8 Å². The minimum absolute atomic E-state index is 0.0179. The van der Waals surface area contributed by atoms with E-state index in [2.05, 4.69) is 21.7 Å². The molecule has 3 N–H and O–H groups in total. The number of nitriles is 1. The second kappa shape index (κ2) is 13.8. The molecular formula is C33H28F3N5O4S. The van der Waals surface area contributed by atoms with Gasteiger partial charge in [0, 0.05) is 17.8 Å². The number of hydrogen-bond donors (Lipinski definition) is 3. The number of anilines is 2. The molecule has 1 heterocycles. The van der Waals surface area contributed by atoms with E-state index in [1.807, 2.05) is 24.3 Å². The van der Waals surface area contributed by atoms with Gasteiger partial charge in [0.15, 0.2) is 5.13 Å². The molecule has 0 aliphatic heterocycles. The number of alkyl halides is 3. The summed E-state index contributed by atoms with van der Waals surface area (Å²) in [4.78, 5) is 42.5. The summed E-state index contributed by atoms with van der Waals surface area (Å²) in [7, 11) is 0. The standard InChI is InChI=1S/C33H28F3N5O4S/c34-33(35,36)25-16-24(18-37)29-27(17-25)39-31(46-29)40-32(45)41(26-12-10-22(11-13-26)21-4-2-1-3-5-21)19-20-6-8-23(9-7-20)30(44)38-15-14-28(42)43/h4,6-13,16-17H,1-3,5,14-15,19H2,(H,38,44)(H,42,43)(H,39,40,45). The Morgan fingerprint density at radius 2 is 1.78 bits per heavy atom. The first kappa shape index (κ1) is 32.2. The first-order valence-electron chi connectivity index (χ1n) is 14.4. The van der Waals surface area contributed by atoms with Gasteiger partial charge in [-0.15, -0.1) is 0 Å². The number of benzene rings is 3. The number of carboxylic acid groups (broad SMARTS) is 1. The first-order valence-corrected chi connectivity index (χ1v) is 15.2. The van der Waals surface area contributed by atoms with E-state index in [4.69, 9.17) is 5.11 Å². The Balaban J connectivity index is 1.41. The highest BCUT2D eigenvalue weighted by Gasteiger charge is 2.32. The van der Waals surface area contributed by atoms with E-state index in [0.29, 0.717) is 16.8 Å². The van der Waals surface area contributed by atoms with E-state index >= 15 is 0 Å². The number of carbonyl (C=O) groups is 3. The zero-order chi connectivity index (χ0) is 32.8. The number of urea groups is 1. The molecular weight excluding hydrogens is 619 g/mol. The Bertz CT molecular complexity index is 1840. The van der Waals surface area contributed by atoms with Gasteiger partial charge >= 0.3 is 18.2 Å². The van der Waals surface area contributed by atoms with Crippen molar-refractivity contribution in [3.63, 3.8) is 0 Å². The smallest absolute Gasteiger partial charge is 0.416 e. The van der Waals surface area contributed by atoms with Crippen molar-refractivity contribution < 1.29 is 32.7 Å². The highest BCUT2D eigenvalue weighted by molar-refractivity contribution is 7.22. The van der Waals surface area contributed by atoms with Crippen LogP contribution in [0.5, 0.6) is 0 Å². The van der Waals surface area contributed by atoms with Crippen LogP contribution >= 0.6 is 11.3 Å². The predicted octanol–water partition coefficient (Wildman–Crippen LogP) is 7.59. The largest absolute Gasteiger partial charge is 0.481 e. The molecule has 0 spiro atoms. The molecule has 1 aliphatic rings. The van der Waals surface area contributed by atoms with Crippen molar-refractivity contribution in [3.8, 4) is 6.07 Å². The van der Waals surface area contributed by atoms with Crippen LogP contribution in [0.25, 0.3) is 15.8 Å².